The molecule has 0 aromatic carbocycles. The van der Waals surface area contributed by atoms with Crippen LogP contribution in [0, 0.1) is 10.1 Å². The van der Waals surface area contributed by atoms with Crippen molar-refractivity contribution in [2.75, 3.05) is 5.32 Å². The number of H-pyrrole nitrogens is 1. The third-order valence-corrected chi connectivity index (χ3v) is 3.06. The molecule has 0 saturated carbocycles. The Hall–Kier alpha value is -2.64. The number of aromatic amines is 1. The molecule has 2 aromatic rings. The monoisotopic (exact) mass is 291 g/mol. The van der Waals surface area contributed by atoms with Crippen LogP contribution in [0.25, 0.3) is 0 Å². The smallest absolute Gasteiger partial charge is 0.287 e. The van der Waals surface area contributed by atoms with Crippen LogP contribution in [-0.2, 0) is 12.5 Å². The highest BCUT2D eigenvalue weighted by Crippen LogP contribution is 2.22. The van der Waals surface area contributed by atoms with Gasteiger partial charge in [0.1, 0.15) is 5.69 Å². The molecule has 2 N–H and O–H groups in total. The van der Waals surface area contributed by atoms with Crippen molar-refractivity contribution in [3.05, 3.63) is 39.8 Å². The summed E-state index contributed by atoms with van der Waals surface area (Å²) in [5.41, 5.74) is 0.845. The number of rotatable bonds is 3. The highest BCUT2D eigenvalue weighted by atomic mass is 16.6. The molecule has 0 radical (unpaired) electrons. The van der Waals surface area contributed by atoms with E-state index in [0.717, 1.165) is 5.69 Å². The molecule has 0 aliphatic rings. The third-order valence-electron chi connectivity index (χ3n) is 3.06. The van der Waals surface area contributed by atoms with Crippen molar-refractivity contribution in [2.45, 2.75) is 26.2 Å². The summed E-state index contributed by atoms with van der Waals surface area (Å²) in [6, 6.07) is 2.97. The maximum atomic E-state index is 12.1. The number of nitrogens with one attached hydrogen (secondary N) is 2. The van der Waals surface area contributed by atoms with Crippen molar-refractivity contribution in [3.8, 4) is 0 Å². The maximum absolute atomic E-state index is 12.1. The van der Waals surface area contributed by atoms with E-state index >= 15 is 0 Å². The lowest BCUT2D eigenvalue weighted by molar-refractivity contribution is -0.384. The molecule has 112 valence electrons. The first-order valence-corrected chi connectivity index (χ1v) is 6.36. The van der Waals surface area contributed by atoms with Crippen LogP contribution in [-0.4, -0.2) is 25.6 Å². The van der Waals surface area contributed by atoms with Gasteiger partial charge in [-0.2, -0.15) is 5.10 Å². The molecule has 0 spiro atoms. The van der Waals surface area contributed by atoms with Gasteiger partial charge in [0.15, 0.2) is 5.82 Å². The number of carbonyl (C=O) groups is 1. The van der Waals surface area contributed by atoms with Crippen LogP contribution >= 0.6 is 0 Å². The summed E-state index contributed by atoms with van der Waals surface area (Å²) in [6.07, 6.45) is 1.29. The summed E-state index contributed by atoms with van der Waals surface area (Å²) in [4.78, 5) is 22.3. The summed E-state index contributed by atoms with van der Waals surface area (Å²) in [5.74, 6) is -0.0636. The van der Waals surface area contributed by atoms with Crippen molar-refractivity contribution in [1.29, 1.82) is 0 Å². The minimum Gasteiger partial charge on any atom is -0.340 e. The third kappa shape index (κ3) is 3.10. The molecular formula is C13H17N5O3. The van der Waals surface area contributed by atoms with E-state index in [1.165, 1.54) is 16.8 Å². The number of nitrogens with zero attached hydrogens (tertiary/aromatic N) is 3. The number of nitro groups is 1. The predicted molar refractivity (Wildman–Crippen MR) is 77.3 cm³/mol. The zero-order valence-corrected chi connectivity index (χ0v) is 12.3. The Balaban J connectivity index is 2.18. The van der Waals surface area contributed by atoms with E-state index in [1.807, 2.05) is 20.8 Å². The number of carbonyl (C=O) groups excluding carboxylic acids is 1. The largest absolute Gasteiger partial charge is 0.340 e. The Morgan fingerprint density at radius 1 is 1.43 bits per heavy atom. The maximum Gasteiger partial charge on any atom is 0.287 e. The minimum atomic E-state index is -0.539. The lowest BCUT2D eigenvalue weighted by Crippen LogP contribution is -2.15. The number of hydrogen-bond acceptors (Lipinski definition) is 4. The first kappa shape index (κ1) is 14.8. The van der Waals surface area contributed by atoms with Gasteiger partial charge in [-0.05, 0) is 0 Å². The molecule has 0 saturated heterocycles. The topological polar surface area (TPSA) is 106 Å². The number of aryl methyl sites for hydroxylation is 1. The van der Waals surface area contributed by atoms with Crippen LogP contribution in [0.2, 0.25) is 0 Å². The molecule has 8 nitrogen and oxygen atoms in total. The van der Waals surface area contributed by atoms with E-state index in [1.54, 1.807) is 13.1 Å². The first-order valence-electron chi connectivity index (χ1n) is 6.36. The van der Waals surface area contributed by atoms with Gasteiger partial charge in [-0.25, -0.2) is 0 Å². The number of anilines is 1. The van der Waals surface area contributed by atoms with Crippen LogP contribution in [0.15, 0.2) is 18.3 Å². The van der Waals surface area contributed by atoms with E-state index in [0.29, 0.717) is 5.82 Å². The molecule has 21 heavy (non-hydrogen) atoms. The van der Waals surface area contributed by atoms with Gasteiger partial charge in [-0.15, -0.1) is 0 Å². The molecule has 2 heterocycles. The standard InChI is InChI=1S/C13H17N5O3/c1-13(2,3)10-6-11(16-15-10)14-12(19)9-5-8(18(20)21)7-17(9)4/h5-7H,1-4H3,(H2,14,15,16,19). The van der Waals surface area contributed by atoms with Crippen LogP contribution in [0.5, 0.6) is 0 Å². The number of amides is 1. The zero-order valence-electron chi connectivity index (χ0n) is 12.3. The Labute approximate surface area is 121 Å². The second-order valence-electron chi connectivity index (χ2n) is 5.82. The molecule has 0 aliphatic carbocycles. The second kappa shape index (κ2) is 5.04. The fraction of sp³-hybridized carbons (Fsp3) is 0.385. The lowest BCUT2D eigenvalue weighted by atomic mass is 9.92. The predicted octanol–water partition coefficient (Wildman–Crippen LogP) is 2.21. The van der Waals surface area contributed by atoms with Crippen molar-refractivity contribution in [2.24, 2.45) is 7.05 Å². The van der Waals surface area contributed by atoms with Crippen molar-refractivity contribution in [3.63, 3.8) is 0 Å². The van der Waals surface area contributed by atoms with Gasteiger partial charge in [0, 0.05) is 30.3 Å². The van der Waals surface area contributed by atoms with Crippen molar-refractivity contribution >= 4 is 17.4 Å². The fourth-order valence-electron chi connectivity index (χ4n) is 1.82. The van der Waals surface area contributed by atoms with Gasteiger partial charge in [-0.3, -0.25) is 20.0 Å². The number of aromatic nitrogens is 3. The van der Waals surface area contributed by atoms with E-state index in [2.05, 4.69) is 15.5 Å². The summed E-state index contributed by atoms with van der Waals surface area (Å²) < 4.78 is 1.41. The van der Waals surface area contributed by atoms with Crippen LogP contribution in [0.1, 0.15) is 37.0 Å². The van der Waals surface area contributed by atoms with Crippen LogP contribution < -0.4 is 5.32 Å². The van der Waals surface area contributed by atoms with Crippen LogP contribution in [0.3, 0.4) is 0 Å². The highest BCUT2D eigenvalue weighted by molar-refractivity contribution is 6.03. The second-order valence-corrected chi connectivity index (χ2v) is 5.82. The van der Waals surface area contributed by atoms with Crippen molar-refractivity contribution < 1.29 is 9.72 Å². The van der Waals surface area contributed by atoms with E-state index < -0.39 is 10.8 Å². The molecule has 8 heteroatoms. The Morgan fingerprint density at radius 3 is 2.57 bits per heavy atom. The van der Waals surface area contributed by atoms with Crippen molar-refractivity contribution in [1.82, 2.24) is 14.8 Å². The summed E-state index contributed by atoms with van der Waals surface area (Å²) >= 11 is 0. The van der Waals surface area contributed by atoms with E-state index in [-0.39, 0.29) is 16.8 Å². The van der Waals surface area contributed by atoms with Gasteiger partial charge < -0.3 is 9.88 Å². The summed E-state index contributed by atoms with van der Waals surface area (Å²) in [5, 5.41) is 20.2. The molecule has 0 atom stereocenters. The molecule has 0 bridgehead atoms. The fourth-order valence-corrected chi connectivity index (χ4v) is 1.82. The molecule has 2 rings (SSSR count). The van der Waals surface area contributed by atoms with E-state index in [9.17, 15) is 14.9 Å². The average molecular weight is 291 g/mol. The Bertz CT molecular complexity index is 693. The quantitative estimate of drug-likeness (QED) is 0.667. The molecule has 2 aromatic heterocycles. The van der Waals surface area contributed by atoms with Crippen LogP contribution in [0.4, 0.5) is 11.5 Å². The SMILES string of the molecule is Cn1cc([N+](=O)[O-])cc1C(=O)Nc1cc(C(C)(C)C)[nH]n1. The molecule has 1 amide bonds. The van der Waals surface area contributed by atoms with Gasteiger partial charge in [0.25, 0.3) is 11.6 Å². The average Bonchev–Trinajstić information content (AvgIpc) is 2.94. The van der Waals surface area contributed by atoms with Gasteiger partial charge >= 0.3 is 0 Å². The Morgan fingerprint density at radius 2 is 2.10 bits per heavy atom. The molecule has 0 aliphatic heterocycles. The molecule has 0 fully saturated rings. The highest BCUT2D eigenvalue weighted by Gasteiger charge is 2.20. The minimum absolute atomic E-state index is 0.111. The normalized spacial score (nSPS) is 11.4. The van der Waals surface area contributed by atoms with Gasteiger partial charge in [-0.1, -0.05) is 20.8 Å². The summed E-state index contributed by atoms with van der Waals surface area (Å²) in [7, 11) is 1.58. The molecule has 0 unspecified atom stereocenters. The van der Waals surface area contributed by atoms with Gasteiger partial charge in [0.05, 0.1) is 11.1 Å². The van der Waals surface area contributed by atoms with E-state index in [4.69, 9.17) is 0 Å². The van der Waals surface area contributed by atoms with Gasteiger partial charge in [0.2, 0.25) is 0 Å². The lowest BCUT2D eigenvalue weighted by Gasteiger charge is -2.14. The zero-order chi connectivity index (χ0) is 15.8. The Kier molecular flexibility index (Phi) is 3.54. The number of hydrogen-bond donors (Lipinski definition) is 2. The summed E-state index contributed by atoms with van der Waals surface area (Å²) in [6.45, 7) is 6.06. The molecular weight excluding hydrogens is 274 g/mol. The first-order chi connectivity index (χ1) is 9.68.